The summed E-state index contributed by atoms with van der Waals surface area (Å²) in [6.45, 7) is -0.0976. The summed E-state index contributed by atoms with van der Waals surface area (Å²) in [5, 5.41) is 7.83. The van der Waals surface area contributed by atoms with Gasteiger partial charge in [0, 0.05) is 10.0 Å². The summed E-state index contributed by atoms with van der Waals surface area (Å²) in [4.78, 5) is 12.0. The zero-order chi connectivity index (χ0) is 16.9. The van der Waals surface area contributed by atoms with E-state index in [1.165, 1.54) is 7.11 Å². The van der Waals surface area contributed by atoms with Crippen LogP contribution in [0.1, 0.15) is 16.2 Å². The summed E-state index contributed by atoms with van der Waals surface area (Å²) in [7, 11) is 1.53. The number of benzene rings is 2. The van der Waals surface area contributed by atoms with Crippen molar-refractivity contribution >= 4 is 21.9 Å². The molecule has 0 N–H and O–H groups in total. The first-order chi connectivity index (χ1) is 11.7. The number of hydrogen-bond donors (Lipinski definition) is 0. The van der Waals surface area contributed by atoms with E-state index >= 15 is 0 Å². The molecule has 122 valence electrons. The summed E-state index contributed by atoms with van der Waals surface area (Å²) in [6, 6.07) is 14.2. The summed E-state index contributed by atoms with van der Waals surface area (Å²) in [6.07, 6.45) is 0. The van der Waals surface area contributed by atoms with E-state index < -0.39 is 5.97 Å². The van der Waals surface area contributed by atoms with Crippen LogP contribution in [0.2, 0.25) is 0 Å². The van der Waals surface area contributed by atoms with E-state index in [9.17, 15) is 4.79 Å². The van der Waals surface area contributed by atoms with Gasteiger partial charge in [-0.3, -0.25) is 0 Å². The molecule has 0 aliphatic rings. The second-order valence-corrected chi connectivity index (χ2v) is 5.73. The number of hydrogen-bond acceptors (Lipinski definition) is 6. The Hall–Kier alpha value is -2.67. The Morgan fingerprint density at radius 1 is 1.17 bits per heavy atom. The second kappa shape index (κ2) is 7.27. The molecule has 0 spiro atoms. The maximum atomic E-state index is 12.0. The molecule has 1 aromatic heterocycles. The number of methoxy groups -OCH3 is 1. The van der Waals surface area contributed by atoms with Gasteiger partial charge >= 0.3 is 5.97 Å². The van der Waals surface area contributed by atoms with E-state index in [1.54, 1.807) is 24.3 Å². The molecule has 7 heteroatoms. The first-order valence-corrected chi connectivity index (χ1v) is 7.84. The van der Waals surface area contributed by atoms with Crippen molar-refractivity contribution in [2.75, 3.05) is 7.11 Å². The Morgan fingerprint density at radius 3 is 2.71 bits per heavy atom. The average molecular weight is 389 g/mol. The van der Waals surface area contributed by atoms with Gasteiger partial charge in [0.25, 0.3) is 5.89 Å². The van der Waals surface area contributed by atoms with E-state index in [-0.39, 0.29) is 12.5 Å². The maximum absolute atomic E-state index is 12.0. The zero-order valence-corrected chi connectivity index (χ0v) is 14.3. The minimum atomic E-state index is -0.489. The molecule has 0 saturated carbocycles. The molecule has 3 aromatic rings. The lowest BCUT2D eigenvalue weighted by atomic mass is 10.2. The highest BCUT2D eigenvalue weighted by molar-refractivity contribution is 9.10. The number of aromatic nitrogens is 2. The monoisotopic (exact) mass is 388 g/mol. The van der Waals surface area contributed by atoms with E-state index in [4.69, 9.17) is 13.9 Å². The molecule has 0 unspecified atom stereocenters. The van der Waals surface area contributed by atoms with Crippen molar-refractivity contribution in [3.63, 3.8) is 0 Å². The van der Waals surface area contributed by atoms with E-state index in [2.05, 4.69) is 26.1 Å². The molecule has 0 radical (unpaired) electrons. The third-order valence-corrected chi connectivity index (χ3v) is 3.72. The Morgan fingerprint density at radius 2 is 1.96 bits per heavy atom. The number of rotatable bonds is 5. The summed E-state index contributed by atoms with van der Waals surface area (Å²) >= 11 is 3.36. The number of nitrogens with zero attached hydrogens (tertiary/aromatic N) is 2. The lowest BCUT2D eigenvalue weighted by Gasteiger charge is -2.04. The summed E-state index contributed by atoms with van der Waals surface area (Å²) < 4.78 is 16.7. The van der Waals surface area contributed by atoms with Crippen LogP contribution in [0.4, 0.5) is 0 Å². The van der Waals surface area contributed by atoms with Crippen LogP contribution in [-0.4, -0.2) is 23.3 Å². The molecule has 0 saturated heterocycles. The van der Waals surface area contributed by atoms with Gasteiger partial charge in [-0.15, -0.1) is 10.2 Å². The predicted octanol–water partition coefficient (Wildman–Crippen LogP) is 3.86. The Bertz CT molecular complexity index is 846. The Labute approximate surface area is 146 Å². The highest BCUT2D eigenvalue weighted by atomic mass is 79.9. The van der Waals surface area contributed by atoms with Crippen molar-refractivity contribution in [3.05, 3.63) is 64.5 Å². The molecule has 0 aliphatic carbocycles. The lowest BCUT2D eigenvalue weighted by Crippen LogP contribution is -2.05. The Kier molecular flexibility index (Phi) is 4.90. The van der Waals surface area contributed by atoms with Crippen LogP contribution >= 0.6 is 15.9 Å². The van der Waals surface area contributed by atoms with Crippen molar-refractivity contribution in [2.24, 2.45) is 0 Å². The fourth-order valence-electron chi connectivity index (χ4n) is 1.98. The lowest BCUT2D eigenvalue weighted by molar-refractivity contribution is 0.0438. The van der Waals surface area contributed by atoms with Crippen molar-refractivity contribution in [2.45, 2.75) is 6.61 Å². The van der Waals surface area contributed by atoms with Crippen molar-refractivity contribution in [1.29, 1.82) is 0 Å². The van der Waals surface area contributed by atoms with Gasteiger partial charge in [0.1, 0.15) is 5.75 Å². The highest BCUT2D eigenvalue weighted by Crippen LogP contribution is 2.21. The molecule has 0 aliphatic heterocycles. The second-order valence-electron chi connectivity index (χ2n) is 4.82. The number of ether oxygens (including phenoxy) is 2. The molecule has 0 fully saturated rings. The molecule has 0 atom stereocenters. The normalized spacial score (nSPS) is 10.4. The zero-order valence-electron chi connectivity index (χ0n) is 12.7. The molecule has 24 heavy (non-hydrogen) atoms. The third-order valence-electron chi connectivity index (χ3n) is 3.19. The summed E-state index contributed by atoms with van der Waals surface area (Å²) in [5.41, 5.74) is 1.18. The van der Waals surface area contributed by atoms with Gasteiger partial charge in [-0.2, -0.15) is 0 Å². The topological polar surface area (TPSA) is 74.5 Å². The third kappa shape index (κ3) is 3.80. The van der Waals surface area contributed by atoms with Crippen molar-refractivity contribution < 1.29 is 18.7 Å². The minimum Gasteiger partial charge on any atom is -0.497 e. The van der Waals surface area contributed by atoms with Gasteiger partial charge < -0.3 is 13.9 Å². The number of carbonyl (C=O) groups excluding carboxylic acids is 1. The van der Waals surface area contributed by atoms with Crippen LogP contribution in [0.15, 0.2) is 57.4 Å². The van der Waals surface area contributed by atoms with Crippen LogP contribution in [0.3, 0.4) is 0 Å². The fraction of sp³-hybridized carbons (Fsp3) is 0.118. The quantitative estimate of drug-likeness (QED) is 0.617. The van der Waals surface area contributed by atoms with Crippen LogP contribution in [0, 0.1) is 0 Å². The van der Waals surface area contributed by atoms with Gasteiger partial charge in [-0.1, -0.05) is 22.0 Å². The molecule has 6 nitrogen and oxygen atoms in total. The van der Waals surface area contributed by atoms with Crippen LogP contribution in [0.5, 0.6) is 5.75 Å². The van der Waals surface area contributed by atoms with Crippen LogP contribution in [-0.2, 0) is 11.3 Å². The van der Waals surface area contributed by atoms with Gasteiger partial charge in [-0.25, -0.2) is 4.79 Å². The van der Waals surface area contributed by atoms with Crippen LogP contribution < -0.4 is 4.74 Å². The molecule has 3 rings (SSSR count). The van der Waals surface area contributed by atoms with Gasteiger partial charge in [0.15, 0.2) is 6.61 Å². The maximum Gasteiger partial charge on any atom is 0.338 e. The van der Waals surface area contributed by atoms with E-state index in [0.717, 1.165) is 10.0 Å². The predicted molar refractivity (Wildman–Crippen MR) is 89.5 cm³/mol. The fourth-order valence-corrected chi connectivity index (χ4v) is 2.25. The molecule has 0 amide bonds. The first-order valence-electron chi connectivity index (χ1n) is 7.05. The molecular weight excluding hydrogens is 376 g/mol. The molecule has 0 bridgehead atoms. The standard InChI is InChI=1S/C17H13BrN2O4/c1-22-14-4-2-3-12(9-14)17(21)23-10-15-19-20-16(24-15)11-5-7-13(18)8-6-11/h2-9H,10H2,1H3. The smallest absolute Gasteiger partial charge is 0.338 e. The molecule has 1 heterocycles. The van der Waals surface area contributed by atoms with E-state index in [1.807, 2.05) is 24.3 Å². The number of halogens is 1. The van der Waals surface area contributed by atoms with Crippen molar-refractivity contribution in [3.8, 4) is 17.2 Å². The molecular formula is C17H13BrN2O4. The van der Waals surface area contributed by atoms with Crippen LogP contribution in [0.25, 0.3) is 11.5 Å². The SMILES string of the molecule is COc1cccc(C(=O)OCc2nnc(-c3ccc(Br)cc3)o2)c1. The van der Waals surface area contributed by atoms with E-state index in [0.29, 0.717) is 17.2 Å². The number of carbonyl (C=O) groups is 1. The Balaban J connectivity index is 1.64. The highest BCUT2D eigenvalue weighted by Gasteiger charge is 2.13. The average Bonchev–Trinajstić information content (AvgIpc) is 3.09. The summed E-state index contributed by atoms with van der Waals surface area (Å²) in [5.74, 6) is 0.691. The minimum absolute atomic E-state index is 0.0976. The largest absolute Gasteiger partial charge is 0.497 e. The van der Waals surface area contributed by atoms with Gasteiger partial charge in [-0.05, 0) is 42.5 Å². The molecule has 2 aromatic carbocycles. The van der Waals surface area contributed by atoms with Gasteiger partial charge in [0.2, 0.25) is 5.89 Å². The number of esters is 1. The first kappa shape index (κ1) is 16.2. The van der Waals surface area contributed by atoms with Crippen molar-refractivity contribution in [1.82, 2.24) is 10.2 Å². The van der Waals surface area contributed by atoms with Gasteiger partial charge in [0.05, 0.1) is 12.7 Å².